The van der Waals surface area contributed by atoms with E-state index in [0.29, 0.717) is 5.92 Å². The third kappa shape index (κ3) is 2.65. The van der Waals surface area contributed by atoms with Crippen molar-refractivity contribution in [2.24, 2.45) is 11.3 Å². The summed E-state index contributed by atoms with van der Waals surface area (Å²) < 4.78 is 0. The molecule has 2 aliphatic rings. The van der Waals surface area contributed by atoms with Gasteiger partial charge in [0, 0.05) is 11.0 Å². The van der Waals surface area contributed by atoms with Crippen LogP contribution >= 0.6 is 0 Å². The van der Waals surface area contributed by atoms with Crippen LogP contribution in [-0.2, 0) is 4.79 Å². The molecule has 3 heteroatoms. The van der Waals surface area contributed by atoms with Crippen LogP contribution in [0.3, 0.4) is 0 Å². The number of amides is 1. The lowest BCUT2D eigenvalue weighted by molar-refractivity contribution is -0.135. The van der Waals surface area contributed by atoms with Crippen molar-refractivity contribution in [2.75, 3.05) is 13.1 Å². The number of rotatable bonds is 3. The predicted octanol–water partition coefficient (Wildman–Crippen LogP) is 2.07. The maximum Gasteiger partial charge on any atom is 0.226 e. The molecule has 1 aliphatic heterocycles. The van der Waals surface area contributed by atoms with E-state index in [1.165, 1.54) is 19.3 Å². The van der Waals surface area contributed by atoms with Gasteiger partial charge in [-0.05, 0) is 58.0 Å². The van der Waals surface area contributed by atoms with E-state index in [1.807, 2.05) is 0 Å². The van der Waals surface area contributed by atoms with E-state index in [-0.39, 0.29) is 16.9 Å². The molecule has 2 rings (SSSR count). The molecule has 1 saturated carbocycles. The lowest BCUT2D eigenvalue weighted by atomic mass is 9.72. The molecule has 1 heterocycles. The summed E-state index contributed by atoms with van der Waals surface area (Å²) in [6.45, 7) is 8.46. The van der Waals surface area contributed by atoms with E-state index >= 15 is 0 Å². The van der Waals surface area contributed by atoms with E-state index < -0.39 is 0 Å². The highest BCUT2D eigenvalue weighted by molar-refractivity contribution is 5.83. The van der Waals surface area contributed by atoms with Crippen LogP contribution < -0.4 is 10.6 Å². The summed E-state index contributed by atoms with van der Waals surface area (Å²) in [6, 6.07) is 0. The normalized spacial score (nSPS) is 28.3. The Morgan fingerprint density at radius 2 is 2.06 bits per heavy atom. The molecular formula is C14H26N2O. The van der Waals surface area contributed by atoms with Crippen LogP contribution in [0.2, 0.25) is 0 Å². The standard InChI is InChI=1S/C14H26N2O/c1-13(2,11-6-4-9-15-10-11)12(17)16-14(3)7-5-8-14/h11,15H,4-10H2,1-3H3,(H,16,17). The molecule has 2 fully saturated rings. The summed E-state index contributed by atoms with van der Waals surface area (Å²) in [5.41, 5.74) is -0.164. The van der Waals surface area contributed by atoms with Gasteiger partial charge < -0.3 is 10.6 Å². The number of carbonyl (C=O) groups excluding carboxylic acids is 1. The van der Waals surface area contributed by atoms with Gasteiger partial charge >= 0.3 is 0 Å². The second kappa shape index (κ2) is 4.60. The van der Waals surface area contributed by atoms with Crippen molar-refractivity contribution in [3.05, 3.63) is 0 Å². The number of hydrogen-bond acceptors (Lipinski definition) is 2. The largest absolute Gasteiger partial charge is 0.350 e. The SMILES string of the molecule is CC1(NC(=O)C(C)(C)C2CCCNC2)CCC1. The van der Waals surface area contributed by atoms with Crippen LogP contribution in [-0.4, -0.2) is 24.5 Å². The molecule has 0 spiro atoms. The monoisotopic (exact) mass is 238 g/mol. The summed E-state index contributed by atoms with van der Waals surface area (Å²) in [5.74, 6) is 0.716. The van der Waals surface area contributed by atoms with Crippen molar-refractivity contribution in [1.82, 2.24) is 10.6 Å². The quantitative estimate of drug-likeness (QED) is 0.790. The smallest absolute Gasteiger partial charge is 0.226 e. The van der Waals surface area contributed by atoms with Gasteiger partial charge in [0.15, 0.2) is 0 Å². The Labute approximate surface area is 105 Å². The van der Waals surface area contributed by atoms with Gasteiger partial charge in [0.1, 0.15) is 0 Å². The zero-order valence-corrected chi connectivity index (χ0v) is 11.4. The first kappa shape index (κ1) is 12.9. The molecule has 1 saturated heterocycles. The zero-order valence-electron chi connectivity index (χ0n) is 11.4. The molecule has 98 valence electrons. The average molecular weight is 238 g/mol. The van der Waals surface area contributed by atoms with E-state index in [9.17, 15) is 4.79 Å². The van der Waals surface area contributed by atoms with Crippen molar-refractivity contribution in [2.45, 2.75) is 58.4 Å². The Bertz CT molecular complexity index is 289. The maximum absolute atomic E-state index is 12.4. The van der Waals surface area contributed by atoms with Gasteiger partial charge in [-0.15, -0.1) is 0 Å². The summed E-state index contributed by atoms with van der Waals surface area (Å²) >= 11 is 0. The van der Waals surface area contributed by atoms with Crippen molar-refractivity contribution in [3.8, 4) is 0 Å². The van der Waals surface area contributed by atoms with Crippen LogP contribution in [0, 0.1) is 11.3 Å². The zero-order chi connectivity index (χ0) is 12.5. The molecule has 1 aliphatic carbocycles. The number of nitrogens with one attached hydrogen (secondary N) is 2. The van der Waals surface area contributed by atoms with Gasteiger partial charge in [-0.3, -0.25) is 4.79 Å². The van der Waals surface area contributed by atoms with E-state index in [2.05, 4.69) is 31.4 Å². The number of piperidine rings is 1. The Morgan fingerprint density at radius 1 is 1.35 bits per heavy atom. The van der Waals surface area contributed by atoms with Crippen molar-refractivity contribution < 1.29 is 4.79 Å². The highest BCUT2D eigenvalue weighted by Crippen LogP contribution is 2.36. The topological polar surface area (TPSA) is 41.1 Å². The first-order valence-corrected chi connectivity index (χ1v) is 6.97. The summed E-state index contributed by atoms with van der Waals surface area (Å²) in [5, 5.41) is 6.67. The second-order valence-electron chi connectivity index (χ2n) is 6.63. The highest BCUT2D eigenvalue weighted by atomic mass is 16.2. The molecule has 0 bridgehead atoms. The van der Waals surface area contributed by atoms with Gasteiger partial charge in [-0.25, -0.2) is 0 Å². The molecule has 0 aromatic rings. The van der Waals surface area contributed by atoms with E-state index in [1.54, 1.807) is 0 Å². The first-order chi connectivity index (χ1) is 7.94. The first-order valence-electron chi connectivity index (χ1n) is 6.97. The van der Waals surface area contributed by atoms with Gasteiger partial charge in [-0.2, -0.15) is 0 Å². The Hall–Kier alpha value is -0.570. The molecule has 17 heavy (non-hydrogen) atoms. The Kier molecular flexibility index (Phi) is 3.48. The van der Waals surface area contributed by atoms with Gasteiger partial charge in [-0.1, -0.05) is 13.8 Å². The van der Waals surface area contributed by atoms with E-state index in [4.69, 9.17) is 0 Å². The Morgan fingerprint density at radius 3 is 2.53 bits per heavy atom. The van der Waals surface area contributed by atoms with Gasteiger partial charge in [0.2, 0.25) is 5.91 Å². The second-order valence-corrected chi connectivity index (χ2v) is 6.63. The van der Waals surface area contributed by atoms with Gasteiger partial charge in [0.25, 0.3) is 0 Å². The molecule has 3 nitrogen and oxygen atoms in total. The Balaban J connectivity index is 1.95. The number of hydrogen-bond donors (Lipinski definition) is 2. The molecule has 2 N–H and O–H groups in total. The highest BCUT2D eigenvalue weighted by Gasteiger charge is 2.41. The van der Waals surface area contributed by atoms with Crippen molar-refractivity contribution >= 4 is 5.91 Å². The molecule has 0 aromatic heterocycles. The summed E-state index contributed by atoms with van der Waals surface area (Å²) in [6.07, 6.45) is 5.89. The minimum atomic E-state index is -0.244. The molecule has 1 unspecified atom stereocenters. The van der Waals surface area contributed by atoms with Crippen LogP contribution in [0.1, 0.15) is 52.9 Å². The minimum Gasteiger partial charge on any atom is -0.350 e. The summed E-state index contributed by atoms with van der Waals surface area (Å²) in [4.78, 5) is 12.4. The molecule has 1 atom stereocenters. The lowest BCUT2D eigenvalue weighted by Crippen LogP contribution is -2.57. The summed E-state index contributed by atoms with van der Waals surface area (Å²) in [7, 11) is 0. The average Bonchev–Trinajstić information content (AvgIpc) is 2.28. The lowest BCUT2D eigenvalue weighted by Gasteiger charge is -2.43. The van der Waals surface area contributed by atoms with Crippen LogP contribution in [0.5, 0.6) is 0 Å². The third-order valence-corrected chi connectivity index (χ3v) is 4.78. The van der Waals surface area contributed by atoms with Crippen LogP contribution in [0.25, 0.3) is 0 Å². The molecular weight excluding hydrogens is 212 g/mol. The fourth-order valence-electron chi connectivity index (χ4n) is 2.92. The predicted molar refractivity (Wildman–Crippen MR) is 69.8 cm³/mol. The molecule has 0 radical (unpaired) electrons. The van der Waals surface area contributed by atoms with Crippen LogP contribution in [0.15, 0.2) is 0 Å². The molecule has 0 aromatic carbocycles. The number of carbonyl (C=O) groups is 1. The van der Waals surface area contributed by atoms with Crippen molar-refractivity contribution in [1.29, 1.82) is 0 Å². The molecule has 1 amide bonds. The fourth-order valence-corrected chi connectivity index (χ4v) is 2.92. The van der Waals surface area contributed by atoms with Crippen molar-refractivity contribution in [3.63, 3.8) is 0 Å². The van der Waals surface area contributed by atoms with E-state index in [0.717, 1.165) is 25.9 Å². The van der Waals surface area contributed by atoms with Gasteiger partial charge in [0.05, 0.1) is 0 Å². The maximum atomic E-state index is 12.4. The minimum absolute atomic E-state index is 0.0798. The fraction of sp³-hybridized carbons (Fsp3) is 0.929. The third-order valence-electron chi connectivity index (χ3n) is 4.78. The van der Waals surface area contributed by atoms with Crippen LogP contribution in [0.4, 0.5) is 0 Å².